The number of halogens is 1. The first kappa shape index (κ1) is 27.8. The fourth-order valence-corrected chi connectivity index (χ4v) is 3.24. The number of rotatable bonds is 6. The van der Waals surface area contributed by atoms with Crippen LogP contribution >= 0.6 is 24.0 Å². The first-order valence-corrected chi connectivity index (χ1v) is 10.7. The third-order valence-corrected chi connectivity index (χ3v) is 4.71. The number of nitrogens with one attached hydrogen (secondary N) is 2. The normalized spacial score (nSPS) is 15.9. The molecule has 1 heterocycles. The number of aliphatic imine (C=N–C) groups is 1. The van der Waals surface area contributed by atoms with E-state index in [-0.39, 0.29) is 48.7 Å². The van der Waals surface area contributed by atoms with Crippen molar-refractivity contribution in [2.75, 3.05) is 26.2 Å². The number of nitrogens with zero attached hydrogens (tertiary/aromatic N) is 2. The number of hydrogen-bond acceptors (Lipinski definition) is 5. The highest BCUT2D eigenvalue weighted by Crippen LogP contribution is 2.15. The van der Waals surface area contributed by atoms with Gasteiger partial charge in [-0.25, -0.2) is 9.59 Å². The summed E-state index contributed by atoms with van der Waals surface area (Å²) in [4.78, 5) is 30.2. The Morgan fingerprint density at radius 2 is 1.84 bits per heavy atom. The molecule has 2 amide bonds. The first-order chi connectivity index (χ1) is 14.7. The molecule has 10 heteroatoms. The second-order valence-corrected chi connectivity index (χ2v) is 8.44. The van der Waals surface area contributed by atoms with Crippen LogP contribution in [0.15, 0.2) is 35.3 Å². The van der Waals surface area contributed by atoms with Gasteiger partial charge in [0.1, 0.15) is 5.60 Å². The van der Waals surface area contributed by atoms with Gasteiger partial charge in [-0.05, 0) is 46.1 Å². The van der Waals surface area contributed by atoms with Crippen LogP contribution in [0.2, 0.25) is 0 Å². The molecule has 0 aromatic heterocycles. The minimum Gasteiger partial charge on any atom is -0.450 e. The van der Waals surface area contributed by atoms with Crippen molar-refractivity contribution in [3.8, 4) is 0 Å². The summed E-state index contributed by atoms with van der Waals surface area (Å²) in [5.74, 6) is 0.307. The summed E-state index contributed by atoms with van der Waals surface area (Å²) in [6.45, 7) is 9.10. The maximum absolute atomic E-state index is 12.3. The van der Waals surface area contributed by atoms with Gasteiger partial charge in [-0.3, -0.25) is 4.99 Å². The van der Waals surface area contributed by atoms with E-state index in [1.807, 2.05) is 51.1 Å². The Morgan fingerprint density at radius 3 is 2.41 bits per heavy atom. The lowest BCUT2D eigenvalue weighted by Gasteiger charge is -2.31. The van der Waals surface area contributed by atoms with E-state index < -0.39 is 11.7 Å². The molecule has 9 nitrogen and oxygen atoms in total. The number of piperidine rings is 1. The molecule has 1 saturated heterocycles. The number of ether oxygens (including phenoxy) is 2. The molecule has 1 aromatic rings. The Labute approximate surface area is 207 Å². The van der Waals surface area contributed by atoms with Crippen molar-refractivity contribution in [3.05, 3.63) is 35.9 Å². The Bertz CT molecular complexity index is 746. The highest BCUT2D eigenvalue weighted by atomic mass is 127. The molecule has 0 bridgehead atoms. The fraction of sp³-hybridized carbons (Fsp3) is 0.591. The summed E-state index contributed by atoms with van der Waals surface area (Å²) >= 11 is 0. The van der Waals surface area contributed by atoms with Crippen LogP contribution in [0.1, 0.15) is 52.1 Å². The Hall–Kier alpha value is -2.24. The molecule has 180 valence electrons. The lowest BCUT2D eigenvalue weighted by Crippen LogP contribution is -2.48. The molecule has 2 rings (SSSR count). The van der Waals surface area contributed by atoms with Crippen molar-refractivity contribution in [1.29, 1.82) is 0 Å². The van der Waals surface area contributed by atoms with Crippen molar-refractivity contribution in [2.24, 2.45) is 10.7 Å². The van der Waals surface area contributed by atoms with Gasteiger partial charge in [0.25, 0.3) is 0 Å². The second kappa shape index (κ2) is 13.3. The van der Waals surface area contributed by atoms with Gasteiger partial charge < -0.3 is 30.7 Å². The fourth-order valence-electron chi connectivity index (χ4n) is 3.24. The predicted molar refractivity (Wildman–Crippen MR) is 135 cm³/mol. The molecule has 1 aromatic carbocycles. The number of guanidine groups is 1. The highest BCUT2D eigenvalue weighted by molar-refractivity contribution is 14.0. The molecular formula is C22H36IN5O4. The van der Waals surface area contributed by atoms with E-state index in [2.05, 4.69) is 15.6 Å². The van der Waals surface area contributed by atoms with E-state index in [1.165, 1.54) is 0 Å². The van der Waals surface area contributed by atoms with Crippen molar-refractivity contribution < 1.29 is 19.1 Å². The van der Waals surface area contributed by atoms with E-state index in [0.29, 0.717) is 25.7 Å². The number of hydrogen-bond donors (Lipinski definition) is 3. The van der Waals surface area contributed by atoms with Gasteiger partial charge in [-0.15, -0.1) is 24.0 Å². The van der Waals surface area contributed by atoms with Crippen LogP contribution in [0.5, 0.6) is 0 Å². The van der Waals surface area contributed by atoms with Crippen molar-refractivity contribution >= 4 is 42.1 Å². The van der Waals surface area contributed by atoms with Crippen molar-refractivity contribution in [1.82, 2.24) is 15.5 Å². The molecule has 1 unspecified atom stereocenters. The van der Waals surface area contributed by atoms with Gasteiger partial charge in [0, 0.05) is 19.1 Å². The van der Waals surface area contributed by atoms with E-state index in [4.69, 9.17) is 15.2 Å². The Morgan fingerprint density at radius 1 is 1.22 bits per heavy atom. The van der Waals surface area contributed by atoms with E-state index in [1.54, 1.807) is 11.8 Å². The van der Waals surface area contributed by atoms with Gasteiger partial charge in [0.15, 0.2) is 5.96 Å². The molecule has 0 aliphatic carbocycles. The maximum atomic E-state index is 12.3. The summed E-state index contributed by atoms with van der Waals surface area (Å²) < 4.78 is 10.4. The quantitative estimate of drug-likeness (QED) is 0.279. The van der Waals surface area contributed by atoms with Crippen LogP contribution in [-0.2, 0) is 9.47 Å². The number of carbonyl (C=O) groups excluding carboxylic acids is 2. The average Bonchev–Trinajstić information content (AvgIpc) is 2.71. The van der Waals surface area contributed by atoms with Crippen molar-refractivity contribution in [3.63, 3.8) is 0 Å². The zero-order valence-electron chi connectivity index (χ0n) is 19.3. The molecule has 0 radical (unpaired) electrons. The number of carbonyl (C=O) groups is 2. The third-order valence-electron chi connectivity index (χ3n) is 4.71. The number of nitrogens with two attached hydrogens (primary N) is 1. The largest absolute Gasteiger partial charge is 0.450 e. The maximum Gasteiger partial charge on any atom is 0.409 e. The molecule has 0 spiro atoms. The minimum absolute atomic E-state index is 0. The Kier molecular flexibility index (Phi) is 11.6. The zero-order valence-corrected chi connectivity index (χ0v) is 21.6. The zero-order chi connectivity index (χ0) is 22.9. The number of likely N-dealkylation sites (tertiary alicyclic amines) is 1. The predicted octanol–water partition coefficient (Wildman–Crippen LogP) is 3.40. The number of benzene rings is 1. The van der Waals surface area contributed by atoms with Gasteiger partial charge in [-0.1, -0.05) is 30.3 Å². The van der Waals surface area contributed by atoms with Gasteiger partial charge in [-0.2, -0.15) is 0 Å². The van der Waals surface area contributed by atoms with Gasteiger partial charge in [0.2, 0.25) is 0 Å². The van der Waals surface area contributed by atoms with E-state index in [0.717, 1.165) is 18.4 Å². The van der Waals surface area contributed by atoms with Crippen molar-refractivity contribution in [2.45, 2.75) is 58.2 Å². The molecule has 1 aliphatic heterocycles. The van der Waals surface area contributed by atoms with Crippen LogP contribution in [0.4, 0.5) is 9.59 Å². The molecular weight excluding hydrogens is 525 g/mol. The molecule has 1 atom stereocenters. The molecule has 4 N–H and O–H groups in total. The standard InChI is InChI=1S/C22H35N5O4.HI/c1-5-30-21(29)27-13-11-17(12-14-27)25-19(23)24-15-18(16-9-7-6-8-10-16)26-20(28)31-22(2,3)4;/h6-10,17-18H,5,11-15H2,1-4H3,(H,26,28)(H3,23,24,25);1H. The van der Waals surface area contributed by atoms with Crippen LogP contribution < -0.4 is 16.4 Å². The van der Waals surface area contributed by atoms with Crippen LogP contribution in [0.3, 0.4) is 0 Å². The van der Waals surface area contributed by atoms with E-state index >= 15 is 0 Å². The summed E-state index contributed by atoms with van der Waals surface area (Å²) in [6.07, 6.45) is 0.733. The van der Waals surface area contributed by atoms with E-state index in [9.17, 15) is 9.59 Å². The minimum atomic E-state index is -0.590. The summed E-state index contributed by atoms with van der Waals surface area (Å²) in [6, 6.07) is 9.32. The molecule has 1 aliphatic rings. The first-order valence-electron chi connectivity index (χ1n) is 10.7. The SMILES string of the molecule is CCOC(=O)N1CCC(NC(N)=NCC(NC(=O)OC(C)(C)C)c2ccccc2)CC1.I. The topological polar surface area (TPSA) is 118 Å². The summed E-state index contributed by atoms with van der Waals surface area (Å²) in [7, 11) is 0. The van der Waals surface area contributed by atoms with Crippen LogP contribution in [-0.4, -0.2) is 60.9 Å². The molecule has 1 fully saturated rings. The second-order valence-electron chi connectivity index (χ2n) is 8.44. The number of amides is 2. The average molecular weight is 561 g/mol. The smallest absolute Gasteiger partial charge is 0.409 e. The highest BCUT2D eigenvalue weighted by Gasteiger charge is 2.24. The summed E-state index contributed by atoms with van der Waals surface area (Å²) in [5, 5.41) is 6.08. The van der Waals surface area contributed by atoms with Crippen LogP contribution in [0.25, 0.3) is 0 Å². The Balaban J connectivity index is 0.00000512. The van der Waals surface area contributed by atoms with Gasteiger partial charge in [0.05, 0.1) is 19.2 Å². The molecule has 0 saturated carbocycles. The molecule has 32 heavy (non-hydrogen) atoms. The lowest BCUT2D eigenvalue weighted by molar-refractivity contribution is 0.0505. The number of alkyl carbamates (subject to hydrolysis) is 1. The lowest BCUT2D eigenvalue weighted by atomic mass is 10.1. The monoisotopic (exact) mass is 561 g/mol. The van der Waals surface area contributed by atoms with Crippen LogP contribution in [0, 0.1) is 0 Å². The third kappa shape index (κ3) is 9.92. The van der Waals surface area contributed by atoms with Gasteiger partial charge >= 0.3 is 12.2 Å². The summed E-state index contributed by atoms with van der Waals surface area (Å²) in [5.41, 5.74) is 6.42.